The Balaban J connectivity index is 1.27. The molecule has 2 aliphatic rings. The Labute approximate surface area is 211 Å². The fourth-order valence-corrected chi connectivity index (χ4v) is 5.04. The van der Waals surface area contributed by atoms with Crippen LogP contribution in [-0.2, 0) is 9.59 Å². The predicted molar refractivity (Wildman–Crippen MR) is 135 cm³/mol. The molecule has 3 aromatic carbocycles. The maximum atomic E-state index is 13.2. The largest absolute Gasteiger partial charge is 0.485 e. The Morgan fingerprint density at radius 2 is 1.72 bits per heavy atom. The molecule has 3 heterocycles. The zero-order valence-electron chi connectivity index (χ0n) is 19.0. The maximum Gasteiger partial charge on any atom is 0.244 e. The number of rotatable bonds is 5. The topological polar surface area (TPSA) is 98.6 Å². The number of nitrogens with zero attached hydrogens (tertiary/aromatic N) is 4. The van der Waals surface area contributed by atoms with Crippen molar-refractivity contribution < 1.29 is 19.1 Å². The number of thioether (sulfide) groups is 1. The highest BCUT2D eigenvalue weighted by molar-refractivity contribution is 7.99. The van der Waals surface area contributed by atoms with Gasteiger partial charge < -0.3 is 19.7 Å². The lowest BCUT2D eigenvalue weighted by Crippen LogP contribution is -2.43. The summed E-state index contributed by atoms with van der Waals surface area (Å²) in [6.45, 7) is 0.255. The molecule has 0 spiro atoms. The normalized spacial score (nSPS) is 16.3. The molecule has 6 rings (SSSR count). The molecule has 1 atom stereocenters. The SMILES string of the molecule is O=C1CN(C(=O)CSc2nnc([C@H]3COc4ccccc4O3)n2-c2ccccc2)c2ccccc2N1. The van der Waals surface area contributed by atoms with Gasteiger partial charge in [0.15, 0.2) is 28.6 Å². The number of benzene rings is 3. The number of aromatic nitrogens is 3. The monoisotopic (exact) mass is 499 g/mol. The van der Waals surface area contributed by atoms with Crippen LogP contribution in [0.4, 0.5) is 11.4 Å². The molecule has 0 unspecified atom stereocenters. The van der Waals surface area contributed by atoms with Crippen molar-refractivity contribution in [3.63, 3.8) is 0 Å². The molecular weight excluding hydrogens is 478 g/mol. The summed E-state index contributed by atoms with van der Waals surface area (Å²) in [6.07, 6.45) is -0.477. The fourth-order valence-electron chi connectivity index (χ4n) is 4.21. The quantitative estimate of drug-likeness (QED) is 0.417. The minimum atomic E-state index is -0.477. The van der Waals surface area contributed by atoms with Crippen LogP contribution in [0.2, 0.25) is 0 Å². The summed E-state index contributed by atoms with van der Waals surface area (Å²) in [5.74, 6) is 1.56. The van der Waals surface area contributed by atoms with Gasteiger partial charge in [0.1, 0.15) is 13.2 Å². The minimum Gasteiger partial charge on any atom is -0.485 e. The lowest BCUT2D eigenvalue weighted by molar-refractivity contribution is -0.120. The second-order valence-electron chi connectivity index (χ2n) is 8.21. The standard InChI is InChI=1S/C26H21N5O4S/c32-23-14-30(19-11-5-4-10-18(19)27-23)24(33)16-36-26-29-28-25(31(26)17-8-2-1-3-9-17)22-15-34-20-12-6-7-13-21(20)35-22/h1-13,22H,14-16H2,(H,27,32)/t22-/m1/s1. The Bertz CT molecular complexity index is 1440. The number of carbonyl (C=O) groups excluding carboxylic acids is 2. The molecule has 180 valence electrons. The van der Waals surface area contributed by atoms with Gasteiger partial charge >= 0.3 is 0 Å². The van der Waals surface area contributed by atoms with Crippen LogP contribution < -0.4 is 19.7 Å². The van der Waals surface area contributed by atoms with Crippen LogP contribution in [0.15, 0.2) is 84.0 Å². The molecule has 4 aromatic rings. The van der Waals surface area contributed by atoms with Crippen molar-refractivity contribution in [1.82, 2.24) is 14.8 Å². The third kappa shape index (κ3) is 4.16. The van der Waals surface area contributed by atoms with E-state index >= 15 is 0 Å². The zero-order chi connectivity index (χ0) is 24.5. The molecule has 0 saturated heterocycles. The number of anilines is 2. The van der Waals surface area contributed by atoms with Crippen LogP contribution in [-0.4, -0.2) is 45.5 Å². The first kappa shape index (κ1) is 22.2. The van der Waals surface area contributed by atoms with Gasteiger partial charge in [0.05, 0.1) is 17.1 Å². The van der Waals surface area contributed by atoms with Gasteiger partial charge in [-0.1, -0.05) is 54.2 Å². The Hall–Kier alpha value is -4.31. The first-order chi connectivity index (χ1) is 17.7. The lowest BCUT2D eigenvalue weighted by atomic mass is 10.2. The van der Waals surface area contributed by atoms with E-state index in [-0.39, 0.29) is 30.7 Å². The van der Waals surface area contributed by atoms with Crippen molar-refractivity contribution in [1.29, 1.82) is 0 Å². The second kappa shape index (κ2) is 9.38. The van der Waals surface area contributed by atoms with E-state index in [1.54, 1.807) is 6.07 Å². The fraction of sp³-hybridized carbons (Fsp3) is 0.154. The zero-order valence-corrected chi connectivity index (χ0v) is 19.9. The molecule has 0 saturated carbocycles. The summed E-state index contributed by atoms with van der Waals surface area (Å²) in [5.41, 5.74) is 2.15. The van der Waals surface area contributed by atoms with Crippen LogP contribution in [0.5, 0.6) is 11.5 Å². The molecule has 0 radical (unpaired) electrons. The Morgan fingerprint density at radius 1 is 0.972 bits per heavy atom. The number of nitrogens with one attached hydrogen (secondary N) is 1. The molecule has 10 heteroatoms. The van der Waals surface area contributed by atoms with Crippen molar-refractivity contribution in [2.24, 2.45) is 0 Å². The van der Waals surface area contributed by atoms with Crippen molar-refractivity contribution in [3.8, 4) is 17.2 Å². The summed E-state index contributed by atoms with van der Waals surface area (Å²) in [6, 6.07) is 24.4. The Morgan fingerprint density at radius 3 is 2.58 bits per heavy atom. The van der Waals surface area contributed by atoms with E-state index in [9.17, 15) is 9.59 Å². The highest BCUT2D eigenvalue weighted by Gasteiger charge is 2.31. The van der Waals surface area contributed by atoms with E-state index in [2.05, 4.69) is 15.5 Å². The van der Waals surface area contributed by atoms with Gasteiger partial charge in [0.25, 0.3) is 0 Å². The third-order valence-electron chi connectivity index (χ3n) is 5.87. The van der Waals surface area contributed by atoms with Crippen LogP contribution in [0, 0.1) is 0 Å². The highest BCUT2D eigenvalue weighted by atomic mass is 32.2. The molecule has 0 aliphatic carbocycles. The van der Waals surface area contributed by atoms with Gasteiger partial charge in [-0.05, 0) is 36.4 Å². The Kier molecular flexibility index (Phi) is 5.78. The van der Waals surface area contributed by atoms with Gasteiger partial charge in [-0.2, -0.15) is 0 Å². The molecule has 0 bridgehead atoms. The van der Waals surface area contributed by atoms with Gasteiger partial charge in [-0.15, -0.1) is 10.2 Å². The van der Waals surface area contributed by atoms with Crippen LogP contribution in [0.1, 0.15) is 11.9 Å². The summed E-state index contributed by atoms with van der Waals surface area (Å²) in [5, 5.41) is 12.2. The summed E-state index contributed by atoms with van der Waals surface area (Å²) >= 11 is 1.26. The minimum absolute atomic E-state index is 0.0281. The molecule has 1 N–H and O–H groups in total. The summed E-state index contributed by atoms with van der Waals surface area (Å²) < 4.78 is 14.0. The summed E-state index contributed by atoms with van der Waals surface area (Å²) in [4.78, 5) is 26.9. The van der Waals surface area contributed by atoms with E-state index in [0.29, 0.717) is 33.9 Å². The van der Waals surface area contributed by atoms with Crippen LogP contribution in [0.25, 0.3) is 5.69 Å². The molecule has 2 aliphatic heterocycles. The number of fused-ring (bicyclic) bond motifs is 2. The average molecular weight is 500 g/mol. The van der Waals surface area contributed by atoms with Gasteiger partial charge in [-0.25, -0.2) is 0 Å². The van der Waals surface area contributed by atoms with Crippen molar-refractivity contribution >= 4 is 35.0 Å². The van der Waals surface area contributed by atoms with Crippen molar-refractivity contribution in [2.75, 3.05) is 29.1 Å². The summed E-state index contributed by atoms with van der Waals surface area (Å²) in [7, 11) is 0. The number of carbonyl (C=O) groups is 2. The van der Waals surface area contributed by atoms with E-state index in [1.807, 2.05) is 77.4 Å². The highest BCUT2D eigenvalue weighted by Crippen LogP contribution is 2.37. The number of para-hydroxylation sites is 5. The predicted octanol–water partition coefficient (Wildman–Crippen LogP) is 3.86. The average Bonchev–Trinajstić information content (AvgIpc) is 3.35. The smallest absolute Gasteiger partial charge is 0.244 e. The van der Waals surface area contributed by atoms with Crippen molar-refractivity contribution in [3.05, 3.63) is 84.7 Å². The van der Waals surface area contributed by atoms with Crippen molar-refractivity contribution in [2.45, 2.75) is 11.3 Å². The molecule has 0 fully saturated rings. The third-order valence-corrected chi connectivity index (χ3v) is 6.78. The molecule has 36 heavy (non-hydrogen) atoms. The van der Waals surface area contributed by atoms with Gasteiger partial charge in [0, 0.05) is 5.69 Å². The number of ether oxygens (including phenoxy) is 2. The van der Waals surface area contributed by atoms with E-state index in [4.69, 9.17) is 9.47 Å². The van der Waals surface area contributed by atoms with E-state index < -0.39 is 6.10 Å². The first-order valence-corrected chi connectivity index (χ1v) is 12.4. The lowest BCUT2D eigenvalue weighted by Gasteiger charge is -2.29. The molecule has 1 aromatic heterocycles. The van der Waals surface area contributed by atoms with E-state index in [1.165, 1.54) is 16.7 Å². The van der Waals surface area contributed by atoms with E-state index in [0.717, 1.165) is 5.69 Å². The van der Waals surface area contributed by atoms with Crippen LogP contribution in [0.3, 0.4) is 0 Å². The maximum absolute atomic E-state index is 13.2. The van der Waals surface area contributed by atoms with Gasteiger partial charge in [-0.3, -0.25) is 14.2 Å². The molecule has 2 amide bonds. The molecule has 9 nitrogen and oxygen atoms in total. The van der Waals surface area contributed by atoms with Gasteiger partial charge in [0.2, 0.25) is 11.8 Å². The first-order valence-electron chi connectivity index (χ1n) is 11.4. The number of hydrogen-bond donors (Lipinski definition) is 1. The number of amides is 2. The number of hydrogen-bond acceptors (Lipinski definition) is 7. The molecular formula is C26H21N5O4S. The van der Waals surface area contributed by atoms with Crippen LogP contribution >= 0.6 is 11.8 Å². The second-order valence-corrected chi connectivity index (χ2v) is 9.15.